The molecule has 452 valence electrons. The van der Waals surface area contributed by atoms with Crippen molar-refractivity contribution in [1.29, 1.82) is 0 Å². The van der Waals surface area contributed by atoms with E-state index in [4.69, 9.17) is 0 Å². The molecule has 0 unspecified atom stereocenters. The first-order valence-electron chi connectivity index (χ1n) is 33.4. The van der Waals surface area contributed by atoms with Crippen LogP contribution in [-0.4, -0.2) is 45.5 Å². The summed E-state index contributed by atoms with van der Waals surface area (Å²) in [4.78, 5) is 65.6. The van der Waals surface area contributed by atoms with Gasteiger partial charge in [0.25, 0.3) is 23.6 Å². The summed E-state index contributed by atoms with van der Waals surface area (Å²) in [7, 11) is 0. The summed E-state index contributed by atoms with van der Waals surface area (Å²) < 4.78 is 0. The summed E-state index contributed by atoms with van der Waals surface area (Å²) in [5.74, 6) is -1.06. The molecule has 0 aromatic heterocycles. The van der Waals surface area contributed by atoms with Crippen LogP contribution in [0, 0.1) is 0 Å². The number of nitrogens with zero attached hydrogens (tertiary/aromatic N) is 2. The maximum atomic E-state index is 15.9. The van der Waals surface area contributed by atoms with Crippen LogP contribution < -0.4 is 0 Å². The number of fused-ring (bicyclic) bond motifs is 2. The van der Waals surface area contributed by atoms with E-state index in [1.165, 1.54) is 0 Å². The number of carbonyl (C=O) groups excluding carboxylic acids is 4. The fourth-order valence-corrected chi connectivity index (χ4v) is 16.4. The number of hydrogen-bond donors (Lipinski definition) is 0. The van der Waals surface area contributed by atoms with Gasteiger partial charge in [-0.15, -0.1) is 0 Å². The van der Waals surface area contributed by atoms with Crippen molar-refractivity contribution < 1.29 is 19.2 Å². The summed E-state index contributed by atoms with van der Waals surface area (Å²) in [6, 6.07) is 92.8. The third-order valence-corrected chi connectivity index (χ3v) is 20.6. The molecule has 0 N–H and O–H groups in total. The topological polar surface area (TPSA) is 74.8 Å². The van der Waals surface area contributed by atoms with Gasteiger partial charge in [-0.25, -0.2) is 0 Å². The second-order valence-electron chi connectivity index (χ2n) is 25.9. The van der Waals surface area contributed by atoms with Crippen molar-refractivity contribution in [3.8, 4) is 22.3 Å². The largest absolute Gasteiger partial charge is 0.271 e. The first-order chi connectivity index (χ1) is 46.4. The minimum atomic E-state index is -0.274. The Balaban J connectivity index is 0.959. The Morgan fingerprint density at radius 2 is 0.500 bits per heavy atom. The molecule has 0 radical (unpaired) electrons. The van der Waals surface area contributed by atoms with Gasteiger partial charge in [0.05, 0.1) is 0 Å². The summed E-state index contributed by atoms with van der Waals surface area (Å²) in [6.07, 6.45) is 9.06. The smallest absolute Gasteiger partial charge is 0.261 e. The van der Waals surface area contributed by atoms with E-state index >= 15 is 19.2 Å². The van der Waals surface area contributed by atoms with Crippen molar-refractivity contribution in [3.63, 3.8) is 0 Å². The van der Waals surface area contributed by atoms with Crippen LogP contribution in [0.3, 0.4) is 0 Å². The van der Waals surface area contributed by atoms with Crippen LogP contribution in [0.4, 0.5) is 0 Å². The molecule has 6 heteroatoms. The van der Waals surface area contributed by atoms with Gasteiger partial charge in [0.2, 0.25) is 0 Å². The van der Waals surface area contributed by atoms with Crippen molar-refractivity contribution in [2.75, 3.05) is 0 Å². The molecule has 2 saturated carbocycles. The average molecular weight is 1220 g/mol. The second kappa shape index (κ2) is 23.6. The van der Waals surface area contributed by atoms with Crippen LogP contribution in [0.2, 0.25) is 0 Å². The van der Waals surface area contributed by atoms with Crippen molar-refractivity contribution in [3.05, 3.63) is 334 Å². The van der Waals surface area contributed by atoms with Crippen LogP contribution in [0.25, 0.3) is 87.6 Å². The molecule has 2 aliphatic heterocycles. The molecule has 0 bridgehead atoms. The Bertz CT molecular complexity index is 4840. The molecule has 0 atom stereocenters. The first-order valence-corrected chi connectivity index (χ1v) is 33.4. The number of hydrogen-bond acceptors (Lipinski definition) is 4. The lowest BCUT2D eigenvalue weighted by Crippen LogP contribution is -2.48. The van der Waals surface area contributed by atoms with Crippen LogP contribution in [-0.2, 0) is 0 Å². The Hall–Kier alpha value is -11.1. The van der Waals surface area contributed by atoms with Crippen molar-refractivity contribution in [2.24, 2.45) is 0 Å². The number of rotatable bonds is 12. The highest BCUT2D eigenvalue weighted by molar-refractivity contribution is 6.44. The van der Waals surface area contributed by atoms with Gasteiger partial charge in [-0.05, 0) is 166 Å². The third-order valence-electron chi connectivity index (χ3n) is 20.6. The average Bonchev–Trinajstić information content (AvgIpc) is 0.678. The first kappa shape index (κ1) is 56.9. The summed E-state index contributed by atoms with van der Waals surface area (Å²) in [5, 5.41) is 6.32. The summed E-state index contributed by atoms with van der Waals surface area (Å²) >= 11 is 0. The molecule has 0 saturated heterocycles. The predicted octanol–water partition coefficient (Wildman–Crippen LogP) is 20.9. The van der Waals surface area contributed by atoms with Crippen molar-refractivity contribution >= 4 is 89.0 Å². The van der Waals surface area contributed by atoms with E-state index in [1.807, 2.05) is 12.1 Å². The standard InChI is InChI=1S/C88H66N2O4/c91-85-69-51-49-67-79-68(50-52-70(82(69)79)86(92)89(85)65-37-21-7-22-38-65)81-72(56-43-47-64(48-44-56)78(62-35-19-6-20-36-62)76(59-29-13-3-14-30-59)60-31-15-4-16-32-60)54-74-83-73(87(93)90(88(74)94)66-39-23-8-24-40-66)53-71(80(67)84(81)83)55-41-45-63(46-42-55)77(61-33-17-5-18-34-61)75(57-25-9-1-10-26-57)58-27-11-2-12-28-58/h1-6,9-20,25-36,41-54,65-66H,7-8,21-24,37-40H2. The maximum Gasteiger partial charge on any atom is 0.261 e. The van der Waals surface area contributed by atoms with Gasteiger partial charge in [-0.2, -0.15) is 0 Å². The number of carbonyl (C=O) groups is 4. The molecule has 2 fully saturated rings. The quantitative estimate of drug-likeness (QED) is 0.0529. The van der Waals surface area contributed by atoms with Crippen LogP contribution in [0.5, 0.6) is 0 Å². The van der Waals surface area contributed by atoms with E-state index in [9.17, 15) is 0 Å². The van der Waals surface area contributed by atoms with E-state index in [0.717, 1.165) is 186 Å². The monoisotopic (exact) mass is 1210 g/mol. The van der Waals surface area contributed by atoms with Gasteiger partial charge in [0, 0.05) is 50.5 Å². The molecular weight excluding hydrogens is 1150 g/mol. The van der Waals surface area contributed by atoms with E-state index < -0.39 is 0 Å². The molecule has 17 rings (SSSR count). The molecule has 6 nitrogen and oxygen atoms in total. The maximum absolute atomic E-state index is 15.9. The molecule has 4 amide bonds. The zero-order chi connectivity index (χ0) is 63.0. The highest BCUT2D eigenvalue weighted by atomic mass is 16.2. The van der Waals surface area contributed by atoms with Gasteiger partial charge < -0.3 is 0 Å². The molecule has 2 heterocycles. The normalized spacial score (nSPS) is 15.2. The zero-order valence-corrected chi connectivity index (χ0v) is 52.2. The number of imide groups is 2. The Labute approximate surface area is 547 Å². The Morgan fingerprint density at radius 3 is 0.798 bits per heavy atom. The van der Waals surface area contributed by atoms with Gasteiger partial charge in [0.1, 0.15) is 0 Å². The highest BCUT2D eigenvalue weighted by Crippen LogP contribution is 2.54. The SMILES string of the molecule is O=C1c2ccc3c4c(-c5ccc(C(=C(c6ccccc6)c6ccccc6)c6ccccc6)cc5)cc5c6c(cc(-c7ccc(C(=C(c8ccccc8)c8ccccc8)c8ccccc8)cc7)c(c7ccc(c2c37)C(=O)N1C1CCCCC1)c64)C(=O)N(C1CCCCC1)C5=O. The summed E-state index contributed by atoms with van der Waals surface area (Å²) in [5.41, 5.74) is 18.3. The van der Waals surface area contributed by atoms with Crippen LogP contribution in [0.1, 0.15) is 150 Å². The number of amides is 4. The minimum Gasteiger partial charge on any atom is -0.271 e. The van der Waals surface area contributed by atoms with Crippen molar-refractivity contribution in [2.45, 2.75) is 76.3 Å². The van der Waals surface area contributed by atoms with E-state index in [2.05, 4.69) is 255 Å². The predicted molar refractivity (Wildman–Crippen MR) is 382 cm³/mol. The lowest BCUT2D eigenvalue weighted by Gasteiger charge is -2.37. The van der Waals surface area contributed by atoms with E-state index in [1.54, 1.807) is 9.80 Å². The second-order valence-corrected chi connectivity index (χ2v) is 25.9. The van der Waals surface area contributed by atoms with Gasteiger partial charge >= 0.3 is 0 Å². The lowest BCUT2D eigenvalue weighted by molar-refractivity contribution is 0.0487. The molecule has 94 heavy (non-hydrogen) atoms. The molecule has 2 aliphatic carbocycles. The molecule has 4 aliphatic rings. The van der Waals surface area contributed by atoms with Gasteiger partial charge in [-0.1, -0.05) is 281 Å². The molecule has 13 aromatic carbocycles. The van der Waals surface area contributed by atoms with Crippen molar-refractivity contribution in [1.82, 2.24) is 9.80 Å². The van der Waals surface area contributed by atoms with Crippen LogP contribution >= 0.6 is 0 Å². The highest BCUT2D eigenvalue weighted by Gasteiger charge is 2.43. The minimum absolute atomic E-state index is 0.170. The Morgan fingerprint density at radius 1 is 0.234 bits per heavy atom. The lowest BCUT2D eigenvalue weighted by atomic mass is 9.77. The fraction of sp³-hybridized carbons (Fsp3) is 0.136. The van der Waals surface area contributed by atoms with Gasteiger partial charge in [0.15, 0.2) is 0 Å². The fourth-order valence-electron chi connectivity index (χ4n) is 16.4. The molecule has 0 spiro atoms. The molecule has 13 aromatic rings. The zero-order valence-electron chi connectivity index (χ0n) is 52.2. The van der Waals surface area contributed by atoms with Gasteiger partial charge in [-0.3, -0.25) is 29.0 Å². The Kier molecular flexibility index (Phi) is 14.2. The summed E-state index contributed by atoms with van der Waals surface area (Å²) in [6.45, 7) is 0. The molecular formula is C88H66N2O4. The van der Waals surface area contributed by atoms with E-state index in [0.29, 0.717) is 33.0 Å². The van der Waals surface area contributed by atoms with Crippen LogP contribution in [0.15, 0.2) is 267 Å². The number of benzene rings is 13. The van der Waals surface area contributed by atoms with E-state index in [-0.39, 0.29) is 35.7 Å². The third kappa shape index (κ3) is 9.37.